The molecule has 3 aromatic rings. The topological polar surface area (TPSA) is 171 Å². The van der Waals surface area contributed by atoms with Crippen LogP contribution in [0.4, 0.5) is 0 Å². The maximum absolute atomic E-state index is 13.8. The zero-order valence-corrected chi connectivity index (χ0v) is 22.2. The number of primary amides is 1. The van der Waals surface area contributed by atoms with Crippen molar-refractivity contribution < 1.29 is 23.9 Å². The fraction of sp³-hybridized carbons (Fsp3) is 0.321. The zero-order valence-electron chi connectivity index (χ0n) is 22.2. The number of fused-ring (bicyclic) bond motifs is 5. The van der Waals surface area contributed by atoms with Crippen LogP contribution in [0.5, 0.6) is 11.5 Å². The van der Waals surface area contributed by atoms with Gasteiger partial charge in [-0.1, -0.05) is 6.08 Å². The highest BCUT2D eigenvalue weighted by molar-refractivity contribution is 5.94. The minimum absolute atomic E-state index is 0.0494. The van der Waals surface area contributed by atoms with Crippen LogP contribution in [0.15, 0.2) is 63.7 Å². The SMILES string of the molecule is CC(=O)c1ccc(-n2c(=O)n3n(c2=O)C2C(=CC3)C(C)(C)Oc3cc(OC(=O)[C@@H](N)CCC(N)=O)ccc32)cc1. The Balaban J connectivity index is 1.54. The normalized spacial score (nSPS) is 17.4. The van der Waals surface area contributed by atoms with Gasteiger partial charge in [-0.05, 0) is 69.2 Å². The number of carbonyl (C=O) groups is 3. The molecule has 2 aliphatic heterocycles. The molecule has 0 radical (unpaired) electrons. The van der Waals surface area contributed by atoms with Crippen LogP contribution in [0.2, 0.25) is 0 Å². The van der Waals surface area contributed by atoms with E-state index in [1.807, 2.05) is 19.9 Å². The number of hydrogen-bond donors (Lipinski definition) is 2. The molecule has 12 heteroatoms. The summed E-state index contributed by atoms with van der Waals surface area (Å²) in [5.41, 5.74) is 11.2. The fourth-order valence-electron chi connectivity index (χ4n) is 5.11. The second-order valence-electron chi connectivity index (χ2n) is 10.3. The summed E-state index contributed by atoms with van der Waals surface area (Å²) in [4.78, 5) is 62.3. The third kappa shape index (κ3) is 4.56. The molecule has 1 aromatic heterocycles. The van der Waals surface area contributed by atoms with Gasteiger partial charge in [0.05, 0.1) is 12.2 Å². The molecule has 2 atom stereocenters. The highest BCUT2D eigenvalue weighted by atomic mass is 16.5. The Hall–Kier alpha value is -4.71. The van der Waals surface area contributed by atoms with E-state index in [9.17, 15) is 24.0 Å². The van der Waals surface area contributed by atoms with Crippen molar-refractivity contribution in [3.8, 4) is 17.2 Å². The van der Waals surface area contributed by atoms with Gasteiger partial charge in [0, 0.05) is 23.6 Å². The molecule has 40 heavy (non-hydrogen) atoms. The number of hydrogen-bond acceptors (Lipinski definition) is 8. The van der Waals surface area contributed by atoms with E-state index in [1.165, 1.54) is 22.4 Å². The molecule has 0 fully saturated rings. The van der Waals surface area contributed by atoms with Gasteiger partial charge in [-0.25, -0.2) is 28.3 Å². The van der Waals surface area contributed by atoms with Gasteiger partial charge >= 0.3 is 17.3 Å². The summed E-state index contributed by atoms with van der Waals surface area (Å²) in [6, 6.07) is 9.34. The summed E-state index contributed by atoms with van der Waals surface area (Å²) >= 11 is 0. The van der Waals surface area contributed by atoms with Gasteiger partial charge in [-0.2, -0.15) is 0 Å². The smallest absolute Gasteiger partial charge is 0.352 e. The van der Waals surface area contributed by atoms with E-state index in [2.05, 4.69) is 0 Å². The Morgan fingerprint density at radius 1 is 1.10 bits per heavy atom. The van der Waals surface area contributed by atoms with Crippen LogP contribution < -0.4 is 32.3 Å². The van der Waals surface area contributed by atoms with Crippen molar-refractivity contribution in [1.82, 2.24) is 13.9 Å². The molecule has 12 nitrogen and oxygen atoms in total. The first-order valence-electron chi connectivity index (χ1n) is 12.7. The second kappa shape index (κ2) is 9.79. The van der Waals surface area contributed by atoms with Crippen LogP contribution in [0, 0.1) is 0 Å². The van der Waals surface area contributed by atoms with Gasteiger partial charge < -0.3 is 20.9 Å². The number of Topliss-reactive ketones (excluding diaryl/α,β-unsaturated/α-hetero) is 1. The lowest BCUT2D eigenvalue weighted by Gasteiger charge is -2.42. The zero-order chi connectivity index (χ0) is 28.9. The van der Waals surface area contributed by atoms with Crippen molar-refractivity contribution in [2.24, 2.45) is 11.5 Å². The molecule has 2 aromatic carbocycles. The molecule has 0 spiro atoms. The highest BCUT2D eigenvalue weighted by Crippen LogP contribution is 2.47. The summed E-state index contributed by atoms with van der Waals surface area (Å²) in [5, 5.41) is 0. The first-order valence-corrected chi connectivity index (χ1v) is 12.7. The van der Waals surface area contributed by atoms with Crippen LogP contribution in [-0.2, 0) is 16.1 Å². The molecule has 208 valence electrons. The largest absolute Gasteiger partial charge is 0.483 e. The number of ether oxygens (including phenoxy) is 2. The summed E-state index contributed by atoms with van der Waals surface area (Å²) < 4.78 is 15.5. The number of esters is 1. The van der Waals surface area contributed by atoms with Crippen LogP contribution in [-0.4, -0.2) is 43.2 Å². The lowest BCUT2D eigenvalue weighted by atomic mass is 9.83. The number of nitrogens with zero attached hydrogens (tertiary/aromatic N) is 3. The molecule has 5 rings (SSSR count). The average Bonchev–Trinajstić information content (AvgIpc) is 3.16. The number of amides is 1. The third-order valence-corrected chi connectivity index (χ3v) is 7.18. The molecule has 3 heterocycles. The minimum atomic E-state index is -1.04. The molecule has 0 bridgehead atoms. The Bertz CT molecular complexity index is 1690. The highest BCUT2D eigenvalue weighted by Gasteiger charge is 2.44. The number of benzene rings is 2. The van der Waals surface area contributed by atoms with Crippen molar-refractivity contribution in [3.63, 3.8) is 0 Å². The van der Waals surface area contributed by atoms with Crippen molar-refractivity contribution in [3.05, 3.63) is 86.2 Å². The lowest BCUT2D eigenvalue weighted by molar-refractivity contribution is -0.136. The van der Waals surface area contributed by atoms with Gasteiger partial charge in [0.1, 0.15) is 29.2 Å². The number of nitrogens with two attached hydrogens (primary N) is 2. The Labute approximate surface area is 228 Å². The van der Waals surface area contributed by atoms with E-state index in [4.69, 9.17) is 20.9 Å². The van der Waals surface area contributed by atoms with Gasteiger partial charge in [0.15, 0.2) is 5.78 Å². The molecule has 0 saturated carbocycles. The van der Waals surface area contributed by atoms with Gasteiger partial charge in [-0.15, -0.1) is 0 Å². The Morgan fingerprint density at radius 3 is 2.45 bits per heavy atom. The molecule has 2 aliphatic rings. The molecule has 0 aliphatic carbocycles. The van der Waals surface area contributed by atoms with Crippen LogP contribution in [0.3, 0.4) is 0 Å². The molecule has 1 amide bonds. The van der Waals surface area contributed by atoms with Crippen molar-refractivity contribution in [2.75, 3.05) is 0 Å². The number of allylic oxidation sites excluding steroid dienone is 1. The first kappa shape index (κ1) is 26.9. The quantitative estimate of drug-likeness (QED) is 0.192. The predicted octanol–water partition coefficient (Wildman–Crippen LogP) is 1.20. The average molecular weight is 548 g/mol. The van der Waals surface area contributed by atoms with E-state index in [1.54, 1.807) is 36.4 Å². The molecule has 1 unspecified atom stereocenters. The van der Waals surface area contributed by atoms with E-state index in [-0.39, 0.29) is 30.9 Å². The number of ketones is 1. The Morgan fingerprint density at radius 2 is 1.80 bits per heavy atom. The van der Waals surface area contributed by atoms with Crippen LogP contribution >= 0.6 is 0 Å². The van der Waals surface area contributed by atoms with Crippen molar-refractivity contribution in [1.29, 1.82) is 0 Å². The van der Waals surface area contributed by atoms with Crippen molar-refractivity contribution in [2.45, 2.75) is 57.8 Å². The lowest BCUT2D eigenvalue weighted by Crippen LogP contribution is -2.46. The maximum atomic E-state index is 13.8. The first-order chi connectivity index (χ1) is 18.9. The molecular formula is C28H29N5O7. The predicted molar refractivity (Wildman–Crippen MR) is 144 cm³/mol. The maximum Gasteiger partial charge on any atom is 0.352 e. The van der Waals surface area contributed by atoms with E-state index >= 15 is 0 Å². The number of carbonyl (C=O) groups excluding carboxylic acids is 3. The summed E-state index contributed by atoms with van der Waals surface area (Å²) in [6.07, 6.45) is 1.88. The van der Waals surface area contributed by atoms with E-state index in [0.717, 1.165) is 10.1 Å². The molecule has 4 N–H and O–H groups in total. The van der Waals surface area contributed by atoms with Crippen LogP contribution in [0.25, 0.3) is 5.69 Å². The number of rotatable bonds is 7. The van der Waals surface area contributed by atoms with E-state index < -0.39 is 40.9 Å². The van der Waals surface area contributed by atoms with Crippen molar-refractivity contribution >= 4 is 17.7 Å². The van der Waals surface area contributed by atoms with Gasteiger partial charge in [0.25, 0.3) is 0 Å². The Kier molecular flexibility index (Phi) is 6.58. The number of aromatic nitrogens is 3. The van der Waals surface area contributed by atoms with Crippen LogP contribution in [0.1, 0.15) is 55.6 Å². The molecular weight excluding hydrogens is 518 g/mol. The summed E-state index contributed by atoms with van der Waals surface area (Å²) in [7, 11) is 0. The molecule has 0 saturated heterocycles. The third-order valence-electron chi connectivity index (χ3n) is 7.18. The minimum Gasteiger partial charge on any atom is -0.483 e. The van der Waals surface area contributed by atoms with Gasteiger partial charge in [-0.3, -0.25) is 9.59 Å². The monoisotopic (exact) mass is 547 g/mol. The fourth-order valence-corrected chi connectivity index (χ4v) is 5.11. The standard InChI is InChI=1S/C28H29N5O7/c1-15(34)16-4-6-17(7-5-16)32-26(37)31-13-12-20-24(33(31)27(32)38)19-9-8-18(14-22(19)40-28(20,2)3)39-25(36)21(29)10-11-23(30)35/h4-9,12,14,21,24H,10-11,13,29H2,1-3H3,(H2,30,35)/t21-,24?/m0/s1. The second-order valence-corrected chi connectivity index (χ2v) is 10.3. The van der Waals surface area contributed by atoms with E-state index in [0.29, 0.717) is 22.6 Å². The summed E-state index contributed by atoms with van der Waals surface area (Å²) in [5.74, 6) is -0.883. The summed E-state index contributed by atoms with van der Waals surface area (Å²) in [6.45, 7) is 5.31. The van der Waals surface area contributed by atoms with Gasteiger partial charge in [0.2, 0.25) is 5.91 Å².